The van der Waals surface area contributed by atoms with Gasteiger partial charge in [-0.15, -0.1) is 5.10 Å². The van der Waals surface area contributed by atoms with Crippen molar-refractivity contribution in [2.45, 2.75) is 86.9 Å². The molecule has 192 valence electrons. The Labute approximate surface area is 209 Å². The first-order valence-electron chi connectivity index (χ1n) is 10.8. The van der Waals surface area contributed by atoms with Crippen LogP contribution in [0.4, 0.5) is 0 Å². The maximum Gasteiger partial charge on any atom is 0.311 e. The molecule has 1 aromatic rings. The summed E-state index contributed by atoms with van der Waals surface area (Å²) < 4.78 is 24.3. The highest BCUT2D eigenvalue weighted by Crippen LogP contribution is 2.35. The molecule has 0 amide bonds. The second-order valence-corrected chi connectivity index (χ2v) is 11.9. The number of ether oxygens (including phenoxy) is 4. The summed E-state index contributed by atoms with van der Waals surface area (Å²) in [6.07, 6.45) is -4.71. The molecule has 1 aliphatic rings. The van der Waals surface area contributed by atoms with Crippen LogP contribution in [0.15, 0.2) is 0 Å². The molecule has 2 rings (SSSR count). The molecule has 0 unspecified atom stereocenters. The highest BCUT2D eigenvalue weighted by atomic mass is 35.5. The predicted molar refractivity (Wildman–Crippen MR) is 123 cm³/mol. The van der Waals surface area contributed by atoms with Gasteiger partial charge in [0.2, 0.25) is 10.6 Å². The van der Waals surface area contributed by atoms with E-state index in [2.05, 4.69) is 10.1 Å². The molecule has 4 atom stereocenters. The average Bonchev–Trinajstić information content (AvgIpc) is 2.99. The second-order valence-electron chi connectivity index (χ2n) is 11.3. The van der Waals surface area contributed by atoms with Crippen LogP contribution in [0, 0.1) is 16.2 Å². The van der Waals surface area contributed by atoms with Gasteiger partial charge in [0, 0.05) is 0 Å². The highest BCUT2D eigenvalue weighted by Gasteiger charge is 2.51. The van der Waals surface area contributed by atoms with E-state index in [4.69, 9.17) is 42.1 Å². The van der Waals surface area contributed by atoms with E-state index in [1.54, 1.807) is 62.3 Å². The molecule has 2 heterocycles. The van der Waals surface area contributed by atoms with E-state index in [0.29, 0.717) is 0 Å². The molecule has 1 aromatic heterocycles. The molecule has 0 spiro atoms. The zero-order valence-corrected chi connectivity index (χ0v) is 22.5. The van der Waals surface area contributed by atoms with Gasteiger partial charge in [-0.2, -0.15) is 4.98 Å². The van der Waals surface area contributed by atoms with Gasteiger partial charge in [0.15, 0.2) is 24.5 Å². The van der Waals surface area contributed by atoms with Gasteiger partial charge < -0.3 is 18.9 Å². The van der Waals surface area contributed by atoms with Crippen LogP contribution in [0.1, 0.15) is 68.5 Å². The standard InChI is InChI=1S/C22H33Cl2N3O7/c1-20(2,3)15(28)32-11-10-31-14(27-19(24)25-18(23)26-27)13(34-17(30)22(7,8)9)12(11)33-16(29)21(4,5)6/h11-14H,10H2,1-9H3/t11-,12+,13-,14-/m1/s1. The molecule has 0 saturated carbocycles. The average molecular weight is 522 g/mol. The first-order valence-corrected chi connectivity index (χ1v) is 11.6. The third kappa shape index (κ3) is 6.82. The molecular weight excluding hydrogens is 489 g/mol. The van der Waals surface area contributed by atoms with Crippen LogP contribution in [0.2, 0.25) is 10.6 Å². The quantitative estimate of drug-likeness (QED) is 0.427. The van der Waals surface area contributed by atoms with Gasteiger partial charge in [0.25, 0.3) is 0 Å². The van der Waals surface area contributed by atoms with Crippen molar-refractivity contribution in [2.75, 3.05) is 6.61 Å². The van der Waals surface area contributed by atoms with Gasteiger partial charge in [-0.25, -0.2) is 4.68 Å². The number of rotatable bonds is 4. The monoisotopic (exact) mass is 521 g/mol. The Kier molecular flexibility index (Phi) is 8.32. The Hall–Kier alpha value is -1.91. The van der Waals surface area contributed by atoms with E-state index in [-0.39, 0.29) is 17.2 Å². The smallest absolute Gasteiger partial charge is 0.311 e. The Bertz CT molecular complexity index is 928. The lowest BCUT2D eigenvalue weighted by atomic mass is 9.94. The largest absolute Gasteiger partial charge is 0.455 e. The summed E-state index contributed by atoms with van der Waals surface area (Å²) in [7, 11) is 0. The molecule has 0 aliphatic carbocycles. The normalized spacial score (nSPS) is 23.9. The van der Waals surface area contributed by atoms with Crippen molar-refractivity contribution in [3.63, 3.8) is 0 Å². The van der Waals surface area contributed by atoms with Gasteiger partial charge in [0.1, 0.15) is 0 Å². The first-order chi connectivity index (χ1) is 15.3. The van der Waals surface area contributed by atoms with E-state index < -0.39 is 58.7 Å². The van der Waals surface area contributed by atoms with E-state index in [0.717, 1.165) is 4.68 Å². The van der Waals surface area contributed by atoms with Gasteiger partial charge in [-0.1, -0.05) is 0 Å². The Morgan fingerprint density at radius 3 is 1.68 bits per heavy atom. The summed E-state index contributed by atoms with van der Waals surface area (Å²) >= 11 is 12.1. The molecule has 0 N–H and O–H groups in total. The summed E-state index contributed by atoms with van der Waals surface area (Å²) in [5, 5.41) is 3.74. The van der Waals surface area contributed by atoms with Crippen molar-refractivity contribution >= 4 is 41.1 Å². The molecule has 34 heavy (non-hydrogen) atoms. The fourth-order valence-corrected chi connectivity index (χ4v) is 3.11. The summed E-state index contributed by atoms with van der Waals surface area (Å²) in [5.74, 6) is -1.73. The van der Waals surface area contributed by atoms with Gasteiger partial charge >= 0.3 is 17.9 Å². The van der Waals surface area contributed by atoms with Crippen molar-refractivity contribution in [2.24, 2.45) is 16.2 Å². The number of carbonyl (C=O) groups is 3. The van der Waals surface area contributed by atoms with E-state index in [1.165, 1.54) is 0 Å². The van der Waals surface area contributed by atoms with Crippen LogP contribution in [0.3, 0.4) is 0 Å². The van der Waals surface area contributed by atoms with Crippen LogP contribution in [0.5, 0.6) is 0 Å². The number of aromatic nitrogens is 3. The predicted octanol–water partition coefficient (Wildman–Crippen LogP) is 3.99. The van der Waals surface area contributed by atoms with Crippen molar-refractivity contribution in [1.82, 2.24) is 14.8 Å². The molecular formula is C22H33Cl2N3O7. The maximum atomic E-state index is 12.9. The van der Waals surface area contributed by atoms with Crippen molar-refractivity contribution < 1.29 is 33.3 Å². The lowest BCUT2D eigenvalue weighted by Gasteiger charge is -2.42. The van der Waals surface area contributed by atoms with Crippen molar-refractivity contribution in [3.8, 4) is 0 Å². The number of esters is 3. The van der Waals surface area contributed by atoms with Crippen LogP contribution in [0.25, 0.3) is 0 Å². The lowest BCUT2D eigenvalue weighted by Crippen LogP contribution is -2.57. The van der Waals surface area contributed by atoms with E-state index >= 15 is 0 Å². The first kappa shape index (κ1) is 28.3. The van der Waals surface area contributed by atoms with Crippen LogP contribution >= 0.6 is 23.2 Å². The molecule has 0 bridgehead atoms. The molecule has 0 aromatic carbocycles. The second kappa shape index (κ2) is 9.99. The van der Waals surface area contributed by atoms with Crippen LogP contribution in [-0.2, 0) is 33.3 Å². The van der Waals surface area contributed by atoms with E-state index in [1.807, 2.05) is 0 Å². The Morgan fingerprint density at radius 1 is 0.824 bits per heavy atom. The summed E-state index contributed by atoms with van der Waals surface area (Å²) in [4.78, 5) is 42.3. The minimum atomic E-state index is -1.28. The third-order valence-electron chi connectivity index (χ3n) is 4.79. The fourth-order valence-electron chi connectivity index (χ4n) is 2.69. The van der Waals surface area contributed by atoms with Gasteiger partial charge in [-0.05, 0) is 85.5 Å². The number of hydrogen-bond donors (Lipinski definition) is 0. The van der Waals surface area contributed by atoms with E-state index in [9.17, 15) is 14.4 Å². The molecule has 0 radical (unpaired) electrons. The molecule has 10 nitrogen and oxygen atoms in total. The number of hydrogen-bond acceptors (Lipinski definition) is 9. The van der Waals surface area contributed by atoms with Crippen molar-refractivity contribution in [1.29, 1.82) is 0 Å². The van der Waals surface area contributed by atoms with Gasteiger partial charge in [-0.3, -0.25) is 14.4 Å². The summed E-state index contributed by atoms with van der Waals surface area (Å²) in [6, 6.07) is 0. The Morgan fingerprint density at radius 2 is 1.26 bits per heavy atom. The highest BCUT2D eigenvalue weighted by molar-refractivity contribution is 6.31. The maximum absolute atomic E-state index is 12.9. The summed E-state index contributed by atoms with van der Waals surface area (Å²) in [5.41, 5.74) is -2.63. The van der Waals surface area contributed by atoms with Crippen molar-refractivity contribution in [3.05, 3.63) is 10.6 Å². The minimum absolute atomic E-state index is 0.127. The lowest BCUT2D eigenvalue weighted by molar-refractivity contribution is -0.249. The fraction of sp³-hybridized carbons (Fsp3) is 0.773. The minimum Gasteiger partial charge on any atom is -0.455 e. The molecule has 1 fully saturated rings. The molecule has 1 aliphatic heterocycles. The van der Waals surface area contributed by atoms with Crippen LogP contribution in [-0.4, -0.2) is 57.6 Å². The van der Waals surface area contributed by atoms with Gasteiger partial charge in [0.05, 0.1) is 22.9 Å². The number of halogens is 2. The SMILES string of the molecule is CC(C)(C)C(=O)O[C@@H]1[C@@H](OC(=O)C(C)(C)C)[C@H](OC(=O)C(C)(C)C)CO[C@H]1n1nc(Cl)nc1Cl. The summed E-state index contributed by atoms with van der Waals surface area (Å²) in [6.45, 7) is 14.9. The zero-order valence-electron chi connectivity index (χ0n) is 21.0. The van der Waals surface area contributed by atoms with Crippen LogP contribution < -0.4 is 0 Å². The molecule has 1 saturated heterocycles. The Balaban J connectivity index is 2.55. The topological polar surface area (TPSA) is 119 Å². The number of nitrogens with zero attached hydrogens (tertiary/aromatic N) is 3. The number of carbonyl (C=O) groups excluding carboxylic acids is 3. The third-order valence-corrected chi connectivity index (χ3v) is 5.21. The zero-order chi connectivity index (χ0) is 26.2. The molecule has 12 heteroatoms.